The molecule has 27 heavy (non-hydrogen) atoms. The number of aryl methyl sites for hydroxylation is 1. The lowest BCUT2D eigenvalue weighted by molar-refractivity contribution is 0.265. The lowest BCUT2D eigenvalue weighted by Gasteiger charge is -2.37. The minimum absolute atomic E-state index is 0.410. The first-order chi connectivity index (χ1) is 12.9. The fraction of sp³-hybridized carbons (Fsp3) is 0.350. The van der Waals surface area contributed by atoms with Crippen molar-refractivity contribution in [2.75, 3.05) is 49.1 Å². The summed E-state index contributed by atoms with van der Waals surface area (Å²) in [4.78, 5) is 6.78. The average Bonchev–Trinajstić information content (AvgIpc) is 2.66. The third-order valence-corrected chi connectivity index (χ3v) is 5.85. The summed E-state index contributed by atoms with van der Waals surface area (Å²) < 4.78 is 0. The summed E-state index contributed by atoms with van der Waals surface area (Å²) in [6, 6.07) is 14.1. The maximum Gasteiger partial charge on any atom is 0.170 e. The van der Waals surface area contributed by atoms with E-state index in [1.165, 1.54) is 5.56 Å². The second kappa shape index (κ2) is 9.11. The van der Waals surface area contributed by atoms with Gasteiger partial charge in [-0.1, -0.05) is 40.9 Å². The predicted octanol–water partition coefficient (Wildman–Crippen LogP) is 4.17. The minimum atomic E-state index is 0.410. The van der Waals surface area contributed by atoms with Gasteiger partial charge in [-0.25, -0.2) is 0 Å². The Balaban J connectivity index is 1.54. The molecule has 0 unspecified atom stereocenters. The van der Waals surface area contributed by atoms with Crippen molar-refractivity contribution in [2.45, 2.75) is 6.92 Å². The van der Waals surface area contributed by atoms with E-state index < -0.39 is 0 Å². The maximum atomic E-state index is 6.15. The molecule has 2 aromatic carbocycles. The van der Waals surface area contributed by atoms with E-state index in [2.05, 4.69) is 41.0 Å². The standard InChI is InChI=1S/C20H24Cl2N4S/c1-15-2-4-16(5-3-15)26(20(23)27)13-10-24-8-11-25(12-9-24)17-6-7-18(21)19(22)14-17/h2-7,14H,8-13H2,1H3,(H2,23,27). The van der Waals surface area contributed by atoms with Crippen LogP contribution in [-0.2, 0) is 0 Å². The number of anilines is 2. The van der Waals surface area contributed by atoms with E-state index in [-0.39, 0.29) is 0 Å². The van der Waals surface area contributed by atoms with Crippen LogP contribution in [0.4, 0.5) is 11.4 Å². The normalized spacial score (nSPS) is 15.0. The van der Waals surface area contributed by atoms with Crippen molar-refractivity contribution < 1.29 is 0 Å². The topological polar surface area (TPSA) is 35.7 Å². The van der Waals surface area contributed by atoms with Crippen LogP contribution in [0.3, 0.4) is 0 Å². The van der Waals surface area contributed by atoms with E-state index in [1.807, 2.05) is 23.1 Å². The minimum Gasteiger partial charge on any atom is -0.376 e. The van der Waals surface area contributed by atoms with Gasteiger partial charge in [-0.3, -0.25) is 4.90 Å². The van der Waals surface area contributed by atoms with Crippen LogP contribution in [0, 0.1) is 6.92 Å². The molecule has 0 radical (unpaired) electrons. The van der Waals surface area contributed by atoms with Gasteiger partial charge >= 0.3 is 0 Å². The molecule has 1 fully saturated rings. The van der Waals surface area contributed by atoms with Crippen LogP contribution >= 0.6 is 35.4 Å². The summed E-state index contributed by atoms with van der Waals surface area (Å²) >= 11 is 17.4. The molecule has 1 aliphatic heterocycles. The van der Waals surface area contributed by atoms with E-state index in [4.69, 9.17) is 41.2 Å². The van der Waals surface area contributed by atoms with E-state index >= 15 is 0 Å². The van der Waals surface area contributed by atoms with Gasteiger partial charge in [0.1, 0.15) is 0 Å². The number of nitrogens with two attached hydrogens (primary N) is 1. The Kier molecular flexibility index (Phi) is 6.82. The van der Waals surface area contributed by atoms with Gasteiger partial charge in [0.15, 0.2) is 5.11 Å². The smallest absolute Gasteiger partial charge is 0.170 e. The fourth-order valence-corrected chi connectivity index (χ4v) is 3.73. The lowest BCUT2D eigenvalue weighted by Crippen LogP contribution is -2.49. The van der Waals surface area contributed by atoms with Gasteiger partial charge in [-0.15, -0.1) is 0 Å². The summed E-state index contributed by atoms with van der Waals surface area (Å²) in [5, 5.41) is 1.60. The molecule has 7 heteroatoms. The van der Waals surface area contributed by atoms with Crippen molar-refractivity contribution in [1.82, 2.24) is 4.90 Å². The number of rotatable bonds is 5. The Morgan fingerprint density at radius 3 is 2.30 bits per heavy atom. The molecule has 3 rings (SSSR count). The molecular formula is C20H24Cl2N4S. The van der Waals surface area contributed by atoms with Crippen molar-refractivity contribution >= 4 is 51.9 Å². The van der Waals surface area contributed by atoms with E-state index in [0.717, 1.165) is 50.6 Å². The van der Waals surface area contributed by atoms with E-state index in [9.17, 15) is 0 Å². The Bertz CT molecular complexity index is 789. The van der Waals surface area contributed by atoms with E-state index in [1.54, 1.807) is 0 Å². The SMILES string of the molecule is Cc1ccc(N(CCN2CCN(c3ccc(Cl)c(Cl)c3)CC2)C(N)=S)cc1. The summed E-state index contributed by atoms with van der Waals surface area (Å²) in [5.41, 5.74) is 9.34. The van der Waals surface area contributed by atoms with Gasteiger partial charge < -0.3 is 15.5 Å². The molecule has 0 aromatic heterocycles. The van der Waals surface area contributed by atoms with Crippen molar-refractivity contribution in [3.8, 4) is 0 Å². The average molecular weight is 423 g/mol. The first-order valence-corrected chi connectivity index (χ1v) is 10.2. The largest absolute Gasteiger partial charge is 0.376 e. The Hall–Kier alpha value is -1.53. The van der Waals surface area contributed by atoms with Crippen LogP contribution in [0.1, 0.15) is 5.56 Å². The monoisotopic (exact) mass is 422 g/mol. The highest BCUT2D eigenvalue weighted by Gasteiger charge is 2.19. The molecule has 4 nitrogen and oxygen atoms in total. The summed E-state index contributed by atoms with van der Waals surface area (Å²) in [5.74, 6) is 0. The zero-order valence-corrected chi connectivity index (χ0v) is 17.7. The molecule has 0 bridgehead atoms. The van der Waals surface area contributed by atoms with Gasteiger partial charge in [0.25, 0.3) is 0 Å². The number of hydrogen-bond acceptors (Lipinski definition) is 3. The molecule has 0 saturated carbocycles. The van der Waals surface area contributed by atoms with Crippen LogP contribution in [0.2, 0.25) is 10.0 Å². The molecule has 0 atom stereocenters. The Labute approximate surface area is 176 Å². The molecule has 2 aromatic rings. The van der Waals surface area contributed by atoms with Gasteiger partial charge in [0.05, 0.1) is 10.0 Å². The van der Waals surface area contributed by atoms with Gasteiger partial charge in [0.2, 0.25) is 0 Å². The number of piperazine rings is 1. The summed E-state index contributed by atoms with van der Waals surface area (Å²) in [6.45, 7) is 7.65. The zero-order chi connectivity index (χ0) is 19.4. The molecule has 1 heterocycles. The molecule has 1 saturated heterocycles. The fourth-order valence-electron chi connectivity index (χ4n) is 3.24. The van der Waals surface area contributed by atoms with E-state index in [0.29, 0.717) is 15.2 Å². The van der Waals surface area contributed by atoms with Crippen LogP contribution in [0.25, 0.3) is 0 Å². The number of benzene rings is 2. The van der Waals surface area contributed by atoms with Crippen LogP contribution in [0.5, 0.6) is 0 Å². The van der Waals surface area contributed by atoms with Crippen molar-refractivity contribution in [1.29, 1.82) is 0 Å². The molecule has 144 valence electrons. The highest BCUT2D eigenvalue weighted by atomic mass is 35.5. The van der Waals surface area contributed by atoms with Crippen molar-refractivity contribution in [2.24, 2.45) is 5.73 Å². The van der Waals surface area contributed by atoms with Crippen LogP contribution in [0.15, 0.2) is 42.5 Å². The summed E-state index contributed by atoms with van der Waals surface area (Å²) in [6.07, 6.45) is 0. The molecule has 1 aliphatic rings. The lowest BCUT2D eigenvalue weighted by atomic mass is 10.2. The summed E-state index contributed by atoms with van der Waals surface area (Å²) in [7, 11) is 0. The number of hydrogen-bond donors (Lipinski definition) is 1. The predicted molar refractivity (Wildman–Crippen MR) is 120 cm³/mol. The number of thiocarbonyl (C=S) groups is 1. The highest BCUT2D eigenvalue weighted by molar-refractivity contribution is 7.80. The van der Waals surface area contributed by atoms with Crippen LogP contribution < -0.4 is 15.5 Å². The molecule has 0 amide bonds. The Morgan fingerprint density at radius 1 is 1.04 bits per heavy atom. The first kappa shape index (κ1) is 20.2. The Morgan fingerprint density at radius 2 is 1.70 bits per heavy atom. The van der Waals surface area contributed by atoms with Gasteiger partial charge in [0, 0.05) is 50.6 Å². The quantitative estimate of drug-likeness (QED) is 0.731. The van der Waals surface area contributed by atoms with Crippen molar-refractivity contribution in [3.63, 3.8) is 0 Å². The molecular weight excluding hydrogens is 399 g/mol. The molecule has 0 aliphatic carbocycles. The first-order valence-electron chi connectivity index (χ1n) is 9.00. The maximum absolute atomic E-state index is 6.15. The number of nitrogens with zero attached hydrogens (tertiary/aromatic N) is 3. The third kappa shape index (κ3) is 5.26. The highest BCUT2D eigenvalue weighted by Crippen LogP contribution is 2.27. The zero-order valence-electron chi connectivity index (χ0n) is 15.4. The van der Waals surface area contributed by atoms with Gasteiger partial charge in [-0.05, 0) is 49.5 Å². The second-order valence-corrected chi connectivity index (χ2v) is 7.99. The van der Waals surface area contributed by atoms with Crippen LogP contribution in [-0.4, -0.2) is 49.3 Å². The van der Waals surface area contributed by atoms with Crippen molar-refractivity contribution in [3.05, 3.63) is 58.1 Å². The second-order valence-electron chi connectivity index (χ2n) is 6.75. The van der Waals surface area contributed by atoms with Gasteiger partial charge in [-0.2, -0.15) is 0 Å². The number of halogens is 2. The third-order valence-electron chi connectivity index (χ3n) is 4.89. The molecule has 2 N–H and O–H groups in total. The molecule has 0 spiro atoms.